The van der Waals surface area contributed by atoms with Crippen molar-refractivity contribution in [3.63, 3.8) is 0 Å². The highest BCUT2D eigenvalue weighted by atomic mass is 32.1. The van der Waals surface area contributed by atoms with Crippen molar-refractivity contribution in [3.05, 3.63) is 46.7 Å². The molecule has 0 radical (unpaired) electrons. The first-order valence-electron chi connectivity index (χ1n) is 7.85. The van der Waals surface area contributed by atoms with Gasteiger partial charge in [0.2, 0.25) is 0 Å². The number of nitrogens with zero attached hydrogens (tertiary/aromatic N) is 4. The Labute approximate surface area is 138 Å². The molecular weight excluding hydrogens is 311 g/mol. The Bertz CT molecular complexity index is 840. The van der Waals surface area contributed by atoms with Gasteiger partial charge in [0.25, 0.3) is 0 Å². The number of hydrogen-bond donors (Lipinski definition) is 0. The van der Waals surface area contributed by atoms with E-state index in [-0.39, 0.29) is 6.04 Å². The first kappa shape index (κ1) is 14.8. The molecule has 0 amide bonds. The highest BCUT2D eigenvalue weighted by Crippen LogP contribution is 2.31. The summed E-state index contributed by atoms with van der Waals surface area (Å²) in [7, 11) is 1.85. The average Bonchev–Trinajstić information content (AvgIpc) is 3.12. The lowest BCUT2D eigenvalue weighted by molar-refractivity contribution is 0.158. The molecule has 6 heteroatoms. The Morgan fingerprint density at radius 3 is 3.13 bits per heavy atom. The molecule has 23 heavy (non-hydrogen) atoms. The number of aryl methyl sites for hydroxylation is 1. The molecule has 3 aromatic rings. The molecule has 0 N–H and O–H groups in total. The SMILES string of the molecule is CC(c1ccc2scnc2c1)N1CCc2cn(C)nc2C(F)C1. The molecule has 0 saturated heterocycles. The first-order chi connectivity index (χ1) is 11.1. The van der Waals surface area contributed by atoms with E-state index in [2.05, 4.69) is 40.1 Å². The van der Waals surface area contributed by atoms with Crippen molar-refractivity contribution in [2.75, 3.05) is 13.1 Å². The van der Waals surface area contributed by atoms with Gasteiger partial charge in [-0.05, 0) is 36.6 Å². The number of alkyl halides is 1. The second-order valence-corrected chi connectivity index (χ2v) is 7.07. The van der Waals surface area contributed by atoms with Crippen LogP contribution < -0.4 is 0 Å². The van der Waals surface area contributed by atoms with Crippen LogP contribution in [0.3, 0.4) is 0 Å². The summed E-state index contributed by atoms with van der Waals surface area (Å²) in [6.45, 7) is 3.37. The van der Waals surface area contributed by atoms with E-state index in [0.29, 0.717) is 12.2 Å². The zero-order valence-electron chi connectivity index (χ0n) is 13.2. The van der Waals surface area contributed by atoms with Crippen LogP contribution in [0.2, 0.25) is 0 Å². The lowest BCUT2D eigenvalue weighted by atomic mass is 10.1. The van der Waals surface area contributed by atoms with Crippen molar-refractivity contribution in [2.45, 2.75) is 25.6 Å². The number of hydrogen-bond acceptors (Lipinski definition) is 4. The molecule has 4 rings (SSSR count). The molecular formula is C17H19FN4S. The first-order valence-corrected chi connectivity index (χ1v) is 8.73. The van der Waals surface area contributed by atoms with E-state index < -0.39 is 6.17 Å². The number of halogens is 1. The van der Waals surface area contributed by atoms with Crippen LogP contribution in [0, 0.1) is 0 Å². The van der Waals surface area contributed by atoms with Crippen LogP contribution in [0.5, 0.6) is 0 Å². The van der Waals surface area contributed by atoms with Gasteiger partial charge in [0, 0.05) is 32.4 Å². The summed E-state index contributed by atoms with van der Waals surface area (Å²) in [5.41, 5.74) is 5.72. The number of thiazole rings is 1. The minimum Gasteiger partial charge on any atom is -0.293 e. The molecule has 120 valence electrons. The van der Waals surface area contributed by atoms with Gasteiger partial charge in [-0.25, -0.2) is 9.37 Å². The van der Waals surface area contributed by atoms with Crippen molar-refractivity contribution in [1.29, 1.82) is 0 Å². The predicted octanol–water partition coefficient (Wildman–Crippen LogP) is 3.66. The van der Waals surface area contributed by atoms with Gasteiger partial charge in [-0.1, -0.05) is 6.07 Å². The van der Waals surface area contributed by atoms with Gasteiger partial charge in [-0.2, -0.15) is 5.10 Å². The van der Waals surface area contributed by atoms with Crippen LogP contribution in [-0.2, 0) is 13.5 Å². The summed E-state index contributed by atoms with van der Waals surface area (Å²) in [5, 5.41) is 4.30. The van der Waals surface area contributed by atoms with Gasteiger partial charge in [0.15, 0.2) is 6.17 Å². The lowest BCUT2D eigenvalue weighted by Crippen LogP contribution is -2.30. The Kier molecular flexibility index (Phi) is 3.66. The summed E-state index contributed by atoms with van der Waals surface area (Å²) in [6.07, 6.45) is 1.75. The van der Waals surface area contributed by atoms with Gasteiger partial charge < -0.3 is 0 Å². The van der Waals surface area contributed by atoms with E-state index in [4.69, 9.17) is 0 Å². The maximum atomic E-state index is 14.7. The van der Waals surface area contributed by atoms with E-state index in [9.17, 15) is 4.39 Å². The molecule has 0 fully saturated rings. The van der Waals surface area contributed by atoms with E-state index in [1.165, 1.54) is 10.3 Å². The molecule has 1 aliphatic rings. The van der Waals surface area contributed by atoms with Gasteiger partial charge >= 0.3 is 0 Å². The zero-order valence-corrected chi connectivity index (χ0v) is 14.1. The standard InChI is InChI=1S/C17H19FN4S/c1-11(12-3-4-16-15(7-12)19-10-23-16)22-6-5-13-8-21(2)20-17(13)14(18)9-22/h3-4,7-8,10-11,14H,5-6,9H2,1-2H3. The van der Waals surface area contributed by atoms with E-state index in [0.717, 1.165) is 24.0 Å². The van der Waals surface area contributed by atoms with Crippen molar-refractivity contribution in [2.24, 2.45) is 7.05 Å². The molecule has 1 aliphatic heterocycles. The van der Waals surface area contributed by atoms with Crippen LogP contribution in [0.15, 0.2) is 29.9 Å². The largest absolute Gasteiger partial charge is 0.293 e. The van der Waals surface area contributed by atoms with Crippen molar-refractivity contribution >= 4 is 21.6 Å². The third-order valence-corrected chi connectivity index (χ3v) is 5.49. The third-order valence-electron chi connectivity index (χ3n) is 4.68. The minimum absolute atomic E-state index is 0.164. The van der Waals surface area contributed by atoms with Crippen molar-refractivity contribution in [1.82, 2.24) is 19.7 Å². The molecule has 4 nitrogen and oxygen atoms in total. The highest BCUT2D eigenvalue weighted by molar-refractivity contribution is 7.16. The Morgan fingerprint density at radius 2 is 2.26 bits per heavy atom. The fourth-order valence-electron chi connectivity index (χ4n) is 3.36. The zero-order chi connectivity index (χ0) is 16.0. The van der Waals surface area contributed by atoms with Crippen LogP contribution in [0.1, 0.15) is 36.0 Å². The number of benzene rings is 1. The fraction of sp³-hybridized carbons (Fsp3) is 0.412. The number of aromatic nitrogens is 3. The van der Waals surface area contributed by atoms with E-state index in [1.807, 2.05) is 18.8 Å². The second-order valence-electron chi connectivity index (χ2n) is 6.18. The maximum Gasteiger partial charge on any atom is 0.157 e. The molecule has 0 bridgehead atoms. The Hall–Kier alpha value is -1.79. The van der Waals surface area contributed by atoms with Crippen LogP contribution in [0.25, 0.3) is 10.2 Å². The summed E-state index contributed by atoms with van der Waals surface area (Å²) in [5.74, 6) is 0. The van der Waals surface area contributed by atoms with Crippen molar-refractivity contribution < 1.29 is 4.39 Å². The van der Waals surface area contributed by atoms with E-state index in [1.54, 1.807) is 16.0 Å². The maximum absolute atomic E-state index is 14.7. The van der Waals surface area contributed by atoms with Gasteiger partial charge in [0.1, 0.15) is 5.69 Å². The lowest BCUT2D eigenvalue weighted by Gasteiger charge is -2.28. The molecule has 2 aromatic heterocycles. The van der Waals surface area contributed by atoms with Crippen LogP contribution in [0.4, 0.5) is 4.39 Å². The Morgan fingerprint density at radius 1 is 1.39 bits per heavy atom. The molecule has 1 aromatic carbocycles. The highest BCUT2D eigenvalue weighted by Gasteiger charge is 2.28. The number of fused-ring (bicyclic) bond motifs is 2. The smallest absolute Gasteiger partial charge is 0.157 e. The van der Waals surface area contributed by atoms with Gasteiger partial charge in [-0.3, -0.25) is 9.58 Å². The summed E-state index contributed by atoms with van der Waals surface area (Å²) in [6, 6.07) is 6.53. The summed E-state index contributed by atoms with van der Waals surface area (Å²) >= 11 is 1.65. The number of rotatable bonds is 2. The topological polar surface area (TPSA) is 34.0 Å². The fourth-order valence-corrected chi connectivity index (χ4v) is 4.01. The minimum atomic E-state index is -1.03. The molecule has 0 spiro atoms. The predicted molar refractivity (Wildman–Crippen MR) is 90.4 cm³/mol. The molecule has 0 saturated carbocycles. The molecule has 2 unspecified atom stereocenters. The summed E-state index contributed by atoms with van der Waals surface area (Å²) in [4.78, 5) is 6.60. The quantitative estimate of drug-likeness (QED) is 0.719. The summed E-state index contributed by atoms with van der Waals surface area (Å²) < 4.78 is 17.6. The van der Waals surface area contributed by atoms with Crippen LogP contribution in [-0.4, -0.2) is 32.8 Å². The Balaban J connectivity index is 1.59. The van der Waals surface area contributed by atoms with Crippen LogP contribution >= 0.6 is 11.3 Å². The third kappa shape index (κ3) is 2.66. The normalized spacial score (nSPS) is 20.4. The van der Waals surface area contributed by atoms with Crippen molar-refractivity contribution in [3.8, 4) is 0 Å². The monoisotopic (exact) mass is 330 g/mol. The molecule has 2 atom stereocenters. The average molecular weight is 330 g/mol. The molecule has 0 aliphatic carbocycles. The molecule has 3 heterocycles. The van der Waals surface area contributed by atoms with E-state index >= 15 is 0 Å². The van der Waals surface area contributed by atoms with Gasteiger partial charge in [0.05, 0.1) is 15.7 Å². The second kappa shape index (κ2) is 5.69. The van der Waals surface area contributed by atoms with Gasteiger partial charge in [-0.15, -0.1) is 11.3 Å².